The van der Waals surface area contributed by atoms with Crippen LogP contribution in [0.4, 0.5) is 5.69 Å². The lowest BCUT2D eigenvalue weighted by Gasteiger charge is -2.23. The number of benzene rings is 1. The van der Waals surface area contributed by atoms with Crippen molar-refractivity contribution in [2.45, 2.75) is 26.4 Å². The Hall–Kier alpha value is -1.55. The monoisotopic (exact) mass is 262 g/mol. The van der Waals surface area contributed by atoms with Crippen molar-refractivity contribution in [3.05, 3.63) is 29.3 Å². The highest BCUT2D eigenvalue weighted by atomic mass is 16.3. The van der Waals surface area contributed by atoms with Crippen molar-refractivity contribution in [3.8, 4) is 0 Å². The third-order valence-electron chi connectivity index (χ3n) is 3.77. The van der Waals surface area contributed by atoms with Crippen LogP contribution in [0.25, 0.3) is 0 Å². The van der Waals surface area contributed by atoms with Gasteiger partial charge in [0, 0.05) is 25.8 Å². The van der Waals surface area contributed by atoms with Gasteiger partial charge in [-0.25, -0.2) is 0 Å². The van der Waals surface area contributed by atoms with Gasteiger partial charge < -0.3 is 14.9 Å². The van der Waals surface area contributed by atoms with Gasteiger partial charge in [-0.15, -0.1) is 0 Å². The number of anilines is 1. The molecule has 0 spiro atoms. The quantitative estimate of drug-likeness (QED) is 0.895. The smallest absolute Gasteiger partial charge is 0.242 e. The fourth-order valence-corrected chi connectivity index (χ4v) is 2.46. The molecule has 0 saturated carbocycles. The second kappa shape index (κ2) is 6.06. The number of aryl methyl sites for hydroxylation is 1. The number of aliphatic hydroxyl groups is 1. The van der Waals surface area contributed by atoms with Crippen molar-refractivity contribution < 1.29 is 9.90 Å². The maximum Gasteiger partial charge on any atom is 0.242 e. The summed E-state index contributed by atoms with van der Waals surface area (Å²) in [6, 6.07) is 5.89. The first kappa shape index (κ1) is 13.9. The van der Waals surface area contributed by atoms with E-state index in [2.05, 4.69) is 0 Å². The zero-order chi connectivity index (χ0) is 13.8. The Balaban J connectivity index is 2.00. The Morgan fingerprint density at radius 3 is 2.63 bits per heavy atom. The van der Waals surface area contributed by atoms with E-state index in [-0.39, 0.29) is 12.5 Å². The third-order valence-corrected chi connectivity index (χ3v) is 3.77. The molecular weight excluding hydrogens is 240 g/mol. The normalized spacial score (nSPS) is 14.8. The minimum atomic E-state index is 0.0581. The zero-order valence-corrected chi connectivity index (χ0v) is 11.7. The minimum absolute atomic E-state index is 0.0581. The molecule has 19 heavy (non-hydrogen) atoms. The maximum absolute atomic E-state index is 12.1. The van der Waals surface area contributed by atoms with Gasteiger partial charge in [0.25, 0.3) is 0 Å². The van der Waals surface area contributed by atoms with Crippen LogP contribution in [-0.2, 0) is 11.4 Å². The van der Waals surface area contributed by atoms with Crippen LogP contribution in [0.1, 0.15) is 24.0 Å². The number of rotatable bonds is 4. The molecule has 0 aromatic heterocycles. The number of carbonyl (C=O) groups is 1. The summed E-state index contributed by atoms with van der Waals surface area (Å²) in [5, 5.41) is 9.16. The van der Waals surface area contributed by atoms with Crippen molar-refractivity contribution in [2.75, 3.05) is 31.6 Å². The van der Waals surface area contributed by atoms with Gasteiger partial charge >= 0.3 is 0 Å². The molecule has 1 aromatic carbocycles. The second-order valence-electron chi connectivity index (χ2n) is 5.21. The molecule has 0 unspecified atom stereocenters. The van der Waals surface area contributed by atoms with Crippen LogP contribution in [-0.4, -0.2) is 42.6 Å². The summed E-state index contributed by atoms with van der Waals surface area (Å²) < 4.78 is 0. The van der Waals surface area contributed by atoms with E-state index in [9.17, 15) is 4.79 Å². The second-order valence-corrected chi connectivity index (χ2v) is 5.21. The van der Waals surface area contributed by atoms with Crippen molar-refractivity contribution in [2.24, 2.45) is 0 Å². The Morgan fingerprint density at radius 1 is 1.37 bits per heavy atom. The fourth-order valence-electron chi connectivity index (χ4n) is 2.46. The molecule has 1 aliphatic rings. The average Bonchev–Trinajstić information content (AvgIpc) is 2.92. The van der Waals surface area contributed by atoms with Gasteiger partial charge in [-0.05, 0) is 43.0 Å². The van der Waals surface area contributed by atoms with E-state index in [0.717, 1.165) is 42.7 Å². The predicted molar refractivity (Wildman–Crippen MR) is 76.2 cm³/mol. The number of carbonyl (C=O) groups excluding carboxylic acids is 1. The van der Waals surface area contributed by atoms with Gasteiger partial charge in [0.15, 0.2) is 0 Å². The van der Waals surface area contributed by atoms with Gasteiger partial charge in [0.2, 0.25) is 5.91 Å². The number of nitrogens with zero attached hydrogens (tertiary/aromatic N) is 2. The van der Waals surface area contributed by atoms with E-state index in [1.807, 2.05) is 42.0 Å². The van der Waals surface area contributed by atoms with E-state index in [0.29, 0.717) is 6.54 Å². The van der Waals surface area contributed by atoms with E-state index < -0.39 is 0 Å². The summed E-state index contributed by atoms with van der Waals surface area (Å²) in [5.41, 5.74) is 3.01. The molecular formula is C15H22N2O2. The van der Waals surface area contributed by atoms with Crippen LogP contribution in [0.5, 0.6) is 0 Å². The Morgan fingerprint density at radius 2 is 2.05 bits per heavy atom. The molecule has 2 rings (SSSR count). The molecule has 4 heteroatoms. The highest BCUT2D eigenvalue weighted by Crippen LogP contribution is 2.18. The Labute approximate surface area is 114 Å². The van der Waals surface area contributed by atoms with E-state index in [4.69, 9.17) is 5.11 Å². The molecule has 1 amide bonds. The topological polar surface area (TPSA) is 43.8 Å². The Kier molecular flexibility index (Phi) is 4.43. The molecule has 1 saturated heterocycles. The van der Waals surface area contributed by atoms with Crippen LogP contribution in [0.3, 0.4) is 0 Å². The summed E-state index contributed by atoms with van der Waals surface area (Å²) in [7, 11) is 1.93. The molecule has 1 aromatic rings. The van der Waals surface area contributed by atoms with Crippen molar-refractivity contribution in [1.29, 1.82) is 0 Å². The van der Waals surface area contributed by atoms with Crippen molar-refractivity contribution in [1.82, 2.24) is 4.90 Å². The van der Waals surface area contributed by atoms with Crippen LogP contribution >= 0.6 is 0 Å². The molecule has 104 valence electrons. The highest BCUT2D eigenvalue weighted by molar-refractivity contribution is 5.81. The molecule has 0 atom stereocenters. The molecule has 4 nitrogen and oxygen atoms in total. The van der Waals surface area contributed by atoms with Crippen LogP contribution < -0.4 is 4.90 Å². The highest BCUT2D eigenvalue weighted by Gasteiger charge is 2.19. The fraction of sp³-hybridized carbons (Fsp3) is 0.533. The molecule has 0 radical (unpaired) electrons. The van der Waals surface area contributed by atoms with Crippen LogP contribution in [0, 0.1) is 6.92 Å². The molecule has 0 aliphatic carbocycles. The number of hydrogen-bond donors (Lipinski definition) is 1. The van der Waals surface area contributed by atoms with E-state index in [1.165, 1.54) is 0 Å². The van der Waals surface area contributed by atoms with Gasteiger partial charge in [-0.3, -0.25) is 4.79 Å². The lowest BCUT2D eigenvalue weighted by molar-refractivity contribution is -0.128. The van der Waals surface area contributed by atoms with Crippen LogP contribution in [0.2, 0.25) is 0 Å². The van der Waals surface area contributed by atoms with E-state index in [1.54, 1.807) is 0 Å². The molecule has 1 fully saturated rings. The maximum atomic E-state index is 12.1. The lowest BCUT2D eigenvalue weighted by atomic mass is 10.1. The summed E-state index contributed by atoms with van der Waals surface area (Å²) in [5.74, 6) is 0.198. The van der Waals surface area contributed by atoms with Crippen molar-refractivity contribution in [3.63, 3.8) is 0 Å². The number of hydrogen-bond acceptors (Lipinski definition) is 3. The summed E-state index contributed by atoms with van der Waals surface area (Å²) in [4.78, 5) is 16.0. The summed E-state index contributed by atoms with van der Waals surface area (Å²) in [6.07, 6.45) is 2.25. The van der Waals surface area contributed by atoms with Gasteiger partial charge in [-0.1, -0.05) is 6.07 Å². The number of amides is 1. The molecule has 1 N–H and O–H groups in total. The summed E-state index contributed by atoms with van der Waals surface area (Å²) in [6.45, 7) is 4.25. The summed E-state index contributed by atoms with van der Waals surface area (Å²) >= 11 is 0. The van der Waals surface area contributed by atoms with Crippen molar-refractivity contribution >= 4 is 11.6 Å². The minimum Gasteiger partial charge on any atom is -0.392 e. The standard InChI is InChI=1S/C15H22N2O2/c1-12-9-14(6-5-13(12)11-18)16(2)10-15(19)17-7-3-4-8-17/h5-6,9,18H,3-4,7-8,10-11H2,1-2H3. The lowest BCUT2D eigenvalue weighted by Crippen LogP contribution is -2.37. The molecule has 0 bridgehead atoms. The predicted octanol–water partition coefficient (Wildman–Crippen LogP) is 1.55. The zero-order valence-electron chi connectivity index (χ0n) is 11.7. The van der Waals surface area contributed by atoms with Gasteiger partial charge in [-0.2, -0.15) is 0 Å². The molecule has 1 aliphatic heterocycles. The van der Waals surface area contributed by atoms with E-state index >= 15 is 0 Å². The SMILES string of the molecule is Cc1cc(N(C)CC(=O)N2CCCC2)ccc1CO. The Bertz CT molecular complexity index is 453. The average molecular weight is 262 g/mol. The van der Waals surface area contributed by atoms with Gasteiger partial charge in [0.05, 0.1) is 13.2 Å². The third kappa shape index (κ3) is 3.26. The first-order valence-corrected chi connectivity index (χ1v) is 6.81. The number of likely N-dealkylation sites (N-methyl/N-ethyl adjacent to an activating group) is 1. The number of likely N-dealkylation sites (tertiary alicyclic amines) is 1. The first-order valence-electron chi connectivity index (χ1n) is 6.81. The van der Waals surface area contributed by atoms with Gasteiger partial charge in [0.1, 0.15) is 0 Å². The van der Waals surface area contributed by atoms with Crippen LogP contribution in [0.15, 0.2) is 18.2 Å². The first-order chi connectivity index (χ1) is 9.11. The molecule has 1 heterocycles. The number of aliphatic hydroxyl groups excluding tert-OH is 1. The largest absolute Gasteiger partial charge is 0.392 e.